The fourth-order valence-corrected chi connectivity index (χ4v) is 3.64. The van der Waals surface area contributed by atoms with E-state index in [-0.39, 0.29) is 17.8 Å². The van der Waals surface area contributed by atoms with Gasteiger partial charge < -0.3 is 15.0 Å². The molecule has 1 amide bonds. The van der Waals surface area contributed by atoms with Gasteiger partial charge in [-0.25, -0.2) is 14.1 Å². The number of amides is 1. The largest absolute Gasteiger partial charge is 0.378 e. The number of rotatable bonds is 5. The monoisotopic (exact) mass is 409 g/mol. The Labute approximate surface area is 174 Å². The molecule has 0 spiro atoms. The van der Waals surface area contributed by atoms with E-state index in [2.05, 4.69) is 20.3 Å². The van der Waals surface area contributed by atoms with Gasteiger partial charge in [0.1, 0.15) is 11.6 Å². The number of ether oxygens (including phenoxy) is 1. The Morgan fingerprint density at radius 2 is 1.93 bits per heavy atom. The van der Waals surface area contributed by atoms with Gasteiger partial charge in [-0.1, -0.05) is 0 Å². The minimum Gasteiger partial charge on any atom is -0.378 e. The average Bonchev–Trinajstić information content (AvgIpc) is 3.16. The van der Waals surface area contributed by atoms with Crippen molar-refractivity contribution in [2.75, 3.05) is 31.2 Å². The van der Waals surface area contributed by atoms with E-state index < -0.39 is 0 Å². The summed E-state index contributed by atoms with van der Waals surface area (Å²) in [5.74, 6) is 0.187. The first kappa shape index (κ1) is 20.0. The first-order valence-electron chi connectivity index (χ1n) is 9.93. The molecule has 2 aromatic heterocycles. The molecule has 156 valence electrons. The highest BCUT2D eigenvalue weighted by Gasteiger charge is 2.22. The number of anilines is 1. The molecule has 0 saturated carbocycles. The van der Waals surface area contributed by atoms with Crippen LogP contribution in [0.5, 0.6) is 0 Å². The number of nitrogens with one attached hydrogen (secondary N) is 1. The lowest BCUT2D eigenvalue weighted by atomic mass is 10.1. The van der Waals surface area contributed by atoms with Crippen molar-refractivity contribution >= 4 is 11.7 Å². The fraction of sp³-hybridized carbons (Fsp3) is 0.318. The lowest BCUT2D eigenvalue weighted by Gasteiger charge is -2.29. The van der Waals surface area contributed by atoms with Crippen LogP contribution in [0.25, 0.3) is 5.69 Å². The van der Waals surface area contributed by atoms with E-state index >= 15 is 0 Å². The molecule has 1 saturated heterocycles. The fourth-order valence-electron chi connectivity index (χ4n) is 3.64. The summed E-state index contributed by atoms with van der Waals surface area (Å²) in [4.78, 5) is 19.5. The Bertz CT molecular complexity index is 1030. The normalized spacial score (nSPS) is 15.1. The second kappa shape index (κ2) is 8.62. The van der Waals surface area contributed by atoms with Crippen LogP contribution >= 0.6 is 0 Å². The summed E-state index contributed by atoms with van der Waals surface area (Å²) in [5, 5.41) is 7.47. The molecule has 7 nitrogen and oxygen atoms in total. The quantitative estimate of drug-likeness (QED) is 0.701. The highest BCUT2D eigenvalue weighted by atomic mass is 19.1. The van der Waals surface area contributed by atoms with Crippen molar-refractivity contribution < 1.29 is 13.9 Å². The third-order valence-corrected chi connectivity index (χ3v) is 5.27. The summed E-state index contributed by atoms with van der Waals surface area (Å²) in [6.07, 6.45) is 3.43. The standard InChI is InChI=1S/C22H24FN5O2/c1-15(20-14-25-28(16(20)2)18-7-5-17(23)6-8-18)26-22(29)19-4-3-9-24-21(19)27-10-12-30-13-11-27/h3-9,14-15H,10-13H2,1-2H3,(H,26,29). The van der Waals surface area contributed by atoms with Crippen molar-refractivity contribution in [3.05, 3.63) is 71.4 Å². The molecule has 3 heterocycles. The SMILES string of the molecule is Cc1c(C(C)NC(=O)c2cccnc2N2CCOCC2)cnn1-c1ccc(F)cc1. The molecular weight excluding hydrogens is 385 g/mol. The van der Waals surface area contributed by atoms with Crippen molar-refractivity contribution in [1.29, 1.82) is 0 Å². The van der Waals surface area contributed by atoms with E-state index in [1.54, 1.807) is 41.3 Å². The Morgan fingerprint density at radius 3 is 2.67 bits per heavy atom. The predicted molar refractivity (Wildman–Crippen MR) is 111 cm³/mol. The topological polar surface area (TPSA) is 72.3 Å². The number of benzene rings is 1. The van der Waals surface area contributed by atoms with Gasteiger partial charge in [0.15, 0.2) is 0 Å². The van der Waals surface area contributed by atoms with E-state index in [1.807, 2.05) is 13.8 Å². The molecule has 1 N–H and O–H groups in total. The number of carbonyl (C=O) groups excluding carboxylic acids is 1. The van der Waals surface area contributed by atoms with Gasteiger partial charge in [-0.2, -0.15) is 5.10 Å². The minimum atomic E-state index is -0.294. The molecule has 1 aliphatic rings. The van der Waals surface area contributed by atoms with Crippen LogP contribution in [0.4, 0.5) is 10.2 Å². The summed E-state index contributed by atoms with van der Waals surface area (Å²) in [5.41, 5.74) is 3.08. The predicted octanol–water partition coefficient (Wildman–Crippen LogP) is 3.04. The van der Waals surface area contributed by atoms with Gasteiger partial charge >= 0.3 is 0 Å². The molecule has 0 bridgehead atoms. The number of hydrogen-bond donors (Lipinski definition) is 1. The van der Waals surface area contributed by atoms with Gasteiger partial charge in [-0.15, -0.1) is 0 Å². The third kappa shape index (κ3) is 4.04. The van der Waals surface area contributed by atoms with E-state index in [1.165, 1.54) is 12.1 Å². The molecule has 0 aliphatic carbocycles. The van der Waals surface area contributed by atoms with Crippen LogP contribution in [-0.4, -0.2) is 47.0 Å². The number of carbonyl (C=O) groups is 1. The lowest BCUT2D eigenvalue weighted by molar-refractivity contribution is 0.0938. The number of hydrogen-bond acceptors (Lipinski definition) is 5. The van der Waals surface area contributed by atoms with Gasteiger partial charge in [0.2, 0.25) is 0 Å². The number of halogens is 1. The molecule has 4 rings (SSSR count). The van der Waals surface area contributed by atoms with Gasteiger partial charge in [-0.05, 0) is 50.2 Å². The Hall–Kier alpha value is -3.26. The Balaban J connectivity index is 1.53. The second-order valence-corrected chi connectivity index (χ2v) is 7.24. The van der Waals surface area contributed by atoms with Crippen LogP contribution in [0.1, 0.15) is 34.6 Å². The van der Waals surface area contributed by atoms with Crippen molar-refractivity contribution in [3.8, 4) is 5.69 Å². The Morgan fingerprint density at radius 1 is 1.20 bits per heavy atom. The van der Waals surface area contributed by atoms with Gasteiger partial charge in [0.25, 0.3) is 5.91 Å². The van der Waals surface area contributed by atoms with Crippen molar-refractivity contribution in [1.82, 2.24) is 20.1 Å². The summed E-state index contributed by atoms with van der Waals surface area (Å²) < 4.78 is 20.4. The summed E-state index contributed by atoms with van der Waals surface area (Å²) in [6.45, 7) is 6.50. The van der Waals surface area contributed by atoms with Crippen LogP contribution < -0.4 is 10.2 Å². The number of aromatic nitrogens is 3. The molecule has 1 aromatic carbocycles. The highest BCUT2D eigenvalue weighted by molar-refractivity contribution is 5.99. The maximum absolute atomic E-state index is 13.2. The molecule has 3 aromatic rings. The van der Waals surface area contributed by atoms with E-state index in [0.29, 0.717) is 37.7 Å². The van der Waals surface area contributed by atoms with Crippen LogP contribution in [0.2, 0.25) is 0 Å². The second-order valence-electron chi connectivity index (χ2n) is 7.24. The summed E-state index contributed by atoms with van der Waals surface area (Å²) >= 11 is 0. The van der Waals surface area contributed by atoms with Gasteiger partial charge in [0, 0.05) is 30.5 Å². The summed E-state index contributed by atoms with van der Waals surface area (Å²) in [6, 6.07) is 9.44. The van der Waals surface area contributed by atoms with E-state index in [0.717, 1.165) is 16.9 Å². The number of pyridine rings is 1. The van der Waals surface area contributed by atoms with E-state index in [4.69, 9.17) is 4.74 Å². The molecule has 30 heavy (non-hydrogen) atoms. The van der Waals surface area contributed by atoms with Crippen LogP contribution in [0.3, 0.4) is 0 Å². The minimum absolute atomic E-state index is 0.189. The lowest BCUT2D eigenvalue weighted by Crippen LogP contribution is -2.38. The molecule has 1 unspecified atom stereocenters. The molecule has 0 radical (unpaired) electrons. The molecule has 1 fully saturated rings. The molecular formula is C22H24FN5O2. The average molecular weight is 409 g/mol. The van der Waals surface area contributed by atoms with Crippen LogP contribution in [0.15, 0.2) is 48.8 Å². The first-order valence-corrected chi connectivity index (χ1v) is 9.93. The van der Waals surface area contributed by atoms with Gasteiger partial charge in [-0.3, -0.25) is 4.79 Å². The first-order chi connectivity index (χ1) is 14.5. The zero-order valence-electron chi connectivity index (χ0n) is 17.0. The molecule has 1 aliphatic heterocycles. The van der Waals surface area contributed by atoms with Crippen molar-refractivity contribution in [2.24, 2.45) is 0 Å². The highest BCUT2D eigenvalue weighted by Crippen LogP contribution is 2.23. The van der Waals surface area contributed by atoms with Crippen molar-refractivity contribution in [2.45, 2.75) is 19.9 Å². The zero-order valence-corrected chi connectivity index (χ0v) is 17.0. The Kier molecular flexibility index (Phi) is 5.76. The van der Waals surface area contributed by atoms with Crippen LogP contribution in [0, 0.1) is 12.7 Å². The van der Waals surface area contributed by atoms with Gasteiger partial charge in [0.05, 0.1) is 36.7 Å². The maximum atomic E-state index is 13.2. The molecule has 8 heteroatoms. The summed E-state index contributed by atoms with van der Waals surface area (Å²) in [7, 11) is 0. The smallest absolute Gasteiger partial charge is 0.255 e. The zero-order chi connectivity index (χ0) is 21.1. The van der Waals surface area contributed by atoms with E-state index in [9.17, 15) is 9.18 Å². The maximum Gasteiger partial charge on any atom is 0.255 e. The third-order valence-electron chi connectivity index (χ3n) is 5.27. The number of nitrogens with zero attached hydrogens (tertiary/aromatic N) is 4. The number of morpholine rings is 1. The van der Waals surface area contributed by atoms with Crippen molar-refractivity contribution in [3.63, 3.8) is 0 Å². The molecule has 1 atom stereocenters. The van der Waals surface area contributed by atoms with Crippen LogP contribution in [-0.2, 0) is 4.74 Å².